The number of hydrogen-bond acceptors (Lipinski definition) is 5. The maximum absolute atomic E-state index is 11.7. The summed E-state index contributed by atoms with van der Waals surface area (Å²) in [4.78, 5) is 11.1. The number of ether oxygens (including phenoxy) is 1. The molecule has 2 atom stereocenters. The molecule has 1 saturated carbocycles. The molecule has 0 aromatic rings. The number of aliphatic hydroxyl groups excluding tert-OH is 1. The first kappa shape index (κ1) is 16.4. The van der Waals surface area contributed by atoms with Crippen molar-refractivity contribution in [1.82, 2.24) is 4.72 Å². The van der Waals surface area contributed by atoms with Crippen molar-refractivity contribution in [3.8, 4) is 0 Å². The van der Waals surface area contributed by atoms with E-state index < -0.39 is 21.7 Å². The van der Waals surface area contributed by atoms with Crippen LogP contribution in [0, 0.1) is 11.8 Å². The van der Waals surface area contributed by atoms with Crippen molar-refractivity contribution in [2.75, 3.05) is 25.5 Å². The molecule has 6 nitrogen and oxygen atoms in total. The minimum absolute atomic E-state index is 0.0876. The van der Waals surface area contributed by atoms with Crippen molar-refractivity contribution in [2.45, 2.75) is 32.6 Å². The van der Waals surface area contributed by atoms with Crippen LogP contribution in [0.25, 0.3) is 0 Å². The van der Waals surface area contributed by atoms with E-state index >= 15 is 0 Å². The maximum atomic E-state index is 11.7. The molecule has 7 heteroatoms. The van der Waals surface area contributed by atoms with Crippen molar-refractivity contribution in [3.05, 3.63) is 0 Å². The number of nitrogens with one attached hydrogen (secondary N) is 1. The van der Waals surface area contributed by atoms with Gasteiger partial charge in [-0.3, -0.25) is 4.79 Å². The maximum Gasteiger partial charge on any atom is 0.322 e. The Bertz CT molecular complexity index is 382. The standard InChI is InChI=1S/C12H23NO5S/c1-2-18-12(15)9-19(16,17)13-7-10-5-3-4-6-11(10)8-14/h10-11,13-14H,2-9H2,1H3. The normalized spacial score (nSPS) is 24.1. The van der Waals surface area contributed by atoms with Crippen molar-refractivity contribution in [2.24, 2.45) is 11.8 Å². The first-order valence-corrected chi connectivity index (χ1v) is 8.37. The van der Waals surface area contributed by atoms with Crippen molar-refractivity contribution < 1.29 is 23.1 Å². The molecule has 0 amide bonds. The molecule has 0 aromatic carbocycles. The molecule has 2 unspecified atom stereocenters. The van der Waals surface area contributed by atoms with E-state index in [2.05, 4.69) is 9.46 Å². The summed E-state index contributed by atoms with van der Waals surface area (Å²) in [5.41, 5.74) is 0. The second kappa shape index (κ2) is 7.81. The van der Waals surface area contributed by atoms with Gasteiger partial charge < -0.3 is 9.84 Å². The van der Waals surface area contributed by atoms with Gasteiger partial charge in [0.2, 0.25) is 10.0 Å². The summed E-state index contributed by atoms with van der Waals surface area (Å²) >= 11 is 0. The third-order valence-corrected chi connectivity index (χ3v) is 4.70. The lowest BCUT2D eigenvalue weighted by Crippen LogP contribution is -2.38. The molecule has 19 heavy (non-hydrogen) atoms. The van der Waals surface area contributed by atoms with E-state index in [1.54, 1.807) is 6.92 Å². The van der Waals surface area contributed by atoms with Crippen LogP contribution in [0.1, 0.15) is 32.6 Å². The molecule has 112 valence electrons. The van der Waals surface area contributed by atoms with Crippen LogP contribution in [0.2, 0.25) is 0 Å². The van der Waals surface area contributed by atoms with E-state index in [1.165, 1.54) is 0 Å². The molecule has 0 aromatic heterocycles. The van der Waals surface area contributed by atoms with Gasteiger partial charge in [-0.15, -0.1) is 0 Å². The molecular formula is C12H23NO5S. The number of carbonyl (C=O) groups is 1. The van der Waals surface area contributed by atoms with Gasteiger partial charge in [0.25, 0.3) is 0 Å². The Morgan fingerprint density at radius 1 is 1.32 bits per heavy atom. The number of aliphatic hydroxyl groups is 1. The summed E-state index contributed by atoms with van der Waals surface area (Å²) in [7, 11) is -3.64. The highest BCUT2D eigenvalue weighted by Crippen LogP contribution is 2.29. The van der Waals surface area contributed by atoms with Crippen LogP contribution < -0.4 is 4.72 Å². The third-order valence-electron chi connectivity index (χ3n) is 3.48. The quantitative estimate of drug-likeness (QED) is 0.657. The number of carbonyl (C=O) groups excluding carboxylic acids is 1. The number of esters is 1. The van der Waals surface area contributed by atoms with Crippen LogP contribution in [0.3, 0.4) is 0 Å². The van der Waals surface area contributed by atoms with Gasteiger partial charge in [-0.2, -0.15) is 0 Å². The minimum atomic E-state index is -3.64. The van der Waals surface area contributed by atoms with Gasteiger partial charge in [0.05, 0.1) is 6.61 Å². The molecule has 1 rings (SSSR count). The van der Waals surface area contributed by atoms with Crippen LogP contribution in [0.5, 0.6) is 0 Å². The fraction of sp³-hybridized carbons (Fsp3) is 0.917. The number of sulfonamides is 1. The van der Waals surface area contributed by atoms with Crippen molar-refractivity contribution in [3.63, 3.8) is 0 Å². The Morgan fingerprint density at radius 2 is 1.95 bits per heavy atom. The Labute approximate surface area is 114 Å². The average molecular weight is 293 g/mol. The lowest BCUT2D eigenvalue weighted by Gasteiger charge is -2.30. The zero-order valence-electron chi connectivity index (χ0n) is 11.3. The van der Waals surface area contributed by atoms with E-state index in [4.69, 9.17) is 0 Å². The minimum Gasteiger partial charge on any atom is -0.465 e. The molecular weight excluding hydrogens is 270 g/mol. The Balaban J connectivity index is 2.43. The van der Waals surface area contributed by atoms with Crippen molar-refractivity contribution >= 4 is 16.0 Å². The number of rotatable bonds is 7. The molecule has 0 radical (unpaired) electrons. The summed E-state index contributed by atoms with van der Waals surface area (Å²) in [6, 6.07) is 0. The highest BCUT2D eigenvalue weighted by Gasteiger charge is 2.26. The van der Waals surface area contributed by atoms with E-state index in [9.17, 15) is 18.3 Å². The number of hydrogen-bond donors (Lipinski definition) is 2. The first-order chi connectivity index (χ1) is 8.98. The zero-order chi connectivity index (χ0) is 14.3. The zero-order valence-corrected chi connectivity index (χ0v) is 12.1. The van der Waals surface area contributed by atoms with Gasteiger partial charge in [0.1, 0.15) is 0 Å². The predicted octanol–water partition coefficient (Wildman–Crippen LogP) is 0.268. The molecule has 0 saturated heterocycles. The molecule has 0 bridgehead atoms. The van der Waals surface area contributed by atoms with Crippen LogP contribution in [-0.4, -0.2) is 45.0 Å². The van der Waals surface area contributed by atoms with Gasteiger partial charge in [0.15, 0.2) is 5.75 Å². The topological polar surface area (TPSA) is 92.7 Å². The van der Waals surface area contributed by atoms with Crippen LogP contribution >= 0.6 is 0 Å². The van der Waals surface area contributed by atoms with Crippen LogP contribution in [-0.2, 0) is 19.6 Å². The first-order valence-electron chi connectivity index (χ1n) is 6.72. The average Bonchev–Trinajstić information content (AvgIpc) is 2.36. The lowest BCUT2D eigenvalue weighted by atomic mass is 9.80. The van der Waals surface area contributed by atoms with Crippen LogP contribution in [0.4, 0.5) is 0 Å². The molecule has 2 N–H and O–H groups in total. The molecule has 1 aliphatic rings. The fourth-order valence-electron chi connectivity index (χ4n) is 2.44. The SMILES string of the molecule is CCOC(=O)CS(=O)(=O)NCC1CCCCC1CO. The lowest BCUT2D eigenvalue weighted by molar-refractivity contribution is -0.139. The molecule has 1 aliphatic carbocycles. The third kappa shape index (κ3) is 5.88. The molecule has 1 fully saturated rings. The van der Waals surface area contributed by atoms with Gasteiger partial charge >= 0.3 is 5.97 Å². The predicted molar refractivity (Wildman–Crippen MR) is 71.0 cm³/mol. The van der Waals surface area contributed by atoms with E-state index in [1.807, 2.05) is 0 Å². The summed E-state index contributed by atoms with van der Waals surface area (Å²) in [6.07, 6.45) is 3.98. The van der Waals surface area contributed by atoms with Gasteiger partial charge in [-0.25, -0.2) is 13.1 Å². The van der Waals surface area contributed by atoms with Gasteiger partial charge in [-0.1, -0.05) is 12.8 Å². The van der Waals surface area contributed by atoms with E-state index in [0.29, 0.717) is 0 Å². The van der Waals surface area contributed by atoms with E-state index in [-0.39, 0.29) is 31.6 Å². The summed E-state index contributed by atoms with van der Waals surface area (Å²) in [5.74, 6) is -1.08. The fourth-order valence-corrected chi connectivity index (χ4v) is 3.40. The Kier molecular flexibility index (Phi) is 6.74. The summed E-state index contributed by atoms with van der Waals surface area (Å²) in [5, 5.41) is 9.25. The van der Waals surface area contributed by atoms with E-state index in [0.717, 1.165) is 25.7 Å². The second-order valence-electron chi connectivity index (χ2n) is 4.90. The van der Waals surface area contributed by atoms with Gasteiger partial charge in [0, 0.05) is 13.2 Å². The van der Waals surface area contributed by atoms with Gasteiger partial charge in [-0.05, 0) is 31.6 Å². The molecule has 0 spiro atoms. The summed E-state index contributed by atoms with van der Waals surface area (Å²) < 4.78 is 30.4. The summed E-state index contributed by atoms with van der Waals surface area (Å²) in [6.45, 7) is 2.17. The molecule has 0 heterocycles. The molecule has 0 aliphatic heterocycles. The largest absolute Gasteiger partial charge is 0.465 e. The second-order valence-corrected chi connectivity index (χ2v) is 6.71. The highest BCUT2D eigenvalue weighted by molar-refractivity contribution is 7.90. The Morgan fingerprint density at radius 3 is 2.53 bits per heavy atom. The van der Waals surface area contributed by atoms with Crippen LogP contribution in [0.15, 0.2) is 0 Å². The van der Waals surface area contributed by atoms with Crippen molar-refractivity contribution in [1.29, 1.82) is 0 Å². The smallest absolute Gasteiger partial charge is 0.322 e. The Hall–Kier alpha value is -0.660. The highest BCUT2D eigenvalue weighted by atomic mass is 32.2. The monoisotopic (exact) mass is 293 g/mol.